The second-order valence-electron chi connectivity index (χ2n) is 4.15. The molecule has 6 heteroatoms. The fraction of sp³-hybridized carbons (Fsp3) is 0. The van der Waals surface area contributed by atoms with E-state index in [1.807, 2.05) is 35.7 Å². The van der Waals surface area contributed by atoms with Crippen LogP contribution in [0.15, 0.2) is 48.0 Å². The Morgan fingerprint density at radius 2 is 1.90 bits per heavy atom. The first-order valence-electron chi connectivity index (χ1n) is 5.91. The summed E-state index contributed by atoms with van der Waals surface area (Å²) in [6.45, 7) is 0. The molecule has 0 aliphatic rings. The lowest BCUT2D eigenvalue weighted by Gasteiger charge is -2.01. The zero-order chi connectivity index (χ0) is 13.9. The molecule has 0 saturated heterocycles. The fourth-order valence-corrected chi connectivity index (χ4v) is 2.52. The molecule has 2 heterocycles. The Morgan fingerprint density at radius 1 is 1.10 bits per heavy atom. The molecule has 1 aromatic carbocycles. The smallest absolute Gasteiger partial charge is 0.188 e. The molecule has 20 heavy (non-hydrogen) atoms. The zero-order valence-corrected chi connectivity index (χ0v) is 11.9. The Bertz CT molecular complexity index is 707. The molecule has 0 aliphatic heterocycles. The first kappa shape index (κ1) is 12.9. The maximum Gasteiger partial charge on any atom is 0.188 e. The van der Waals surface area contributed by atoms with E-state index in [0.717, 1.165) is 22.1 Å². The molecule has 0 atom stereocenters. The normalized spacial score (nSPS) is 10.4. The number of anilines is 3. The van der Waals surface area contributed by atoms with Crippen LogP contribution in [0.2, 0.25) is 5.02 Å². The molecule has 0 spiro atoms. The van der Waals surface area contributed by atoms with Crippen LogP contribution in [0.3, 0.4) is 0 Å². The molecule has 0 unspecified atom stereocenters. The lowest BCUT2D eigenvalue weighted by molar-refractivity contribution is 1.29. The number of nitrogens with zero attached hydrogens (tertiary/aromatic N) is 2. The third-order valence-electron chi connectivity index (χ3n) is 2.67. The molecular formula is C14H11ClN4S. The van der Waals surface area contributed by atoms with Crippen LogP contribution in [0.1, 0.15) is 0 Å². The summed E-state index contributed by atoms with van der Waals surface area (Å²) < 4.78 is 0. The highest BCUT2D eigenvalue weighted by Gasteiger charge is 2.05. The van der Waals surface area contributed by atoms with Crippen molar-refractivity contribution < 1.29 is 0 Å². The third kappa shape index (κ3) is 2.89. The van der Waals surface area contributed by atoms with Gasteiger partial charge in [0, 0.05) is 22.8 Å². The average Bonchev–Trinajstić information content (AvgIpc) is 2.91. The van der Waals surface area contributed by atoms with Crippen LogP contribution < -0.4 is 11.1 Å². The van der Waals surface area contributed by atoms with Crippen LogP contribution >= 0.6 is 22.9 Å². The van der Waals surface area contributed by atoms with Gasteiger partial charge in [-0.3, -0.25) is 0 Å². The number of nitrogens with one attached hydrogen (secondary N) is 1. The number of halogens is 1. The summed E-state index contributed by atoms with van der Waals surface area (Å²) in [5, 5.41) is 6.53. The van der Waals surface area contributed by atoms with Gasteiger partial charge in [0.05, 0.1) is 10.7 Å². The predicted molar refractivity (Wildman–Crippen MR) is 84.5 cm³/mol. The molecule has 0 fully saturated rings. The van der Waals surface area contributed by atoms with Gasteiger partial charge in [-0.1, -0.05) is 23.7 Å². The van der Waals surface area contributed by atoms with E-state index in [4.69, 9.17) is 17.3 Å². The second kappa shape index (κ2) is 5.48. The molecule has 3 rings (SSSR count). The van der Waals surface area contributed by atoms with E-state index in [0.29, 0.717) is 10.8 Å². The first-order chi connectivity index (χ1) is 9.70. The quantitative estimate of drug-likeness (QED) is 0.712. The van der Waals surface area contributed by atoms with Gasteiger partial charge in [-0.05, 0) is 24.3 Å². The van der Waals surface area contributed by atoms with Gasteiger partial charge < -0.3 is 11.1 Å². The first-order valence-corrected chi connectivity index (χ1v) is 7.16. The van der Waals surface area contributed by atoms with Gasteiger partial charge in [0.25, 0.3) is 0 Å². The molecule has 4 nitrogen and oxygen atoms in total. The number of benzene rings is 1. The van der Waals surface area contributed by atoms with E-state index in [9.17, 15) is 0 Å². The third-order valence-corrected chi connectivity index (χ3v) is 3.65. The van der Waals surface area contributed by atoms with Crippen molar-refractivity contribution >= 4 is 39.6 Å². The van der Waals surface area contributed by atoms with Gasteiger partial charge >= 0.3 is 0 Å². The van der Waals surface area contributed by atoms with E-state index in [1.165, 1.54) is 11.3 Å². The van der Waals surface area contributed by atoms with Crippen molar-refractivity contribution in [1.82, 2.24) is 9.97 Å². The van der Waals surface area contributed by atoms with Crippen LogP contribution in [0.25, 0.3) is 11.3 Å². The summed E-state index contributed by atoms with van der Waals surface area (Å²) in [6, 6.07) is 11.2. The summed E-state index contributed by atoms with van der Waals surface area (Å²) in [5.74, 6) is 0.715. The molecule has 3 N–H and O–H groups in total. The van der Waals surface area contributed by atoms with Crippen molar-refractivity contribution in [2.24, 2.45) is 0 Å². The molecular weight excluding hydrogens is 292 g/mol. The van der Waals surface area contributed by atoms with E-state index in [1.54, 1.807) is 12.3 Å². The van der Waals surface area contributed by atoms with Gasteiger partial charge in [0.15, 0.2) is 5.13 Å². The summed E-state index contributed by atoms with van der Waals surface area (Å²) >= 11 is 7.32. The number of thiazole rings is 1. The highest BCUT2D eigenvalue weighted by atomic mass is 35.5. The maximum absolute atomic E-state index is 5.80. The van der Waals surface area contributed by atoms with E-state index >= 15 is 0 Å². The number of pyridine rings is 1. The van der Waals surface area contributed by atoms with Crippen LogP contribution in [-0.4, -0.2) is 9.97 Å². The molecule has 0 amide bonds. The van der Waals surface area contributed by atoms with Gasteiger partial charge in [-0.2, -0.15) is 0 Å². The number of nitrogens with two attached hydrogens (primary N) is 1. The van der Waals surface area contributed by atoms with Crippen molar-refractivity contribution in [3.8, 4) is 11.3 Å². The van der Waals surface area contributed by atoms with Crippen molar-refractivity contribution in [1.29, 1.82) is 0 Å². The zero-order valence-electron chi connectivity index (χ0n) is 10.4. The van der Waals surface area contributed by atoms with Crippen molar-refractivity contribution in [2.45, 2.75) is 0 Å². The molecule has 0 aliphatic carbocycles. The van der Waals surface area contributed by atoms with Crippen molar-refractivity contribution in [3.05, 3.63) is 53.0 Å². The summed E-state index contributed by atoms with van der Waals surface area (Å²) in [7, 11) is 0. The van der Waals surface area contributed by atoms with E-state index in [-0.39, 0.29) is 0 Å². The SMILES string of the molecule is Nc1ccc(-c2csc(Nc3ccc(Cl)cn3)n2)cc1. The number of aromatic nitrogens is 2. The second-order valence-corrected chi connectivity index (χ2v) is 5.44. The van der Waals surface area contributed by atoms with Crippen LogP contribution in [0.5, 0.6) is 0 Å². The molecule has 100 valence electrons. The number of hydrogen-bond donors (Lipinski definition) is 2. The maximum atomic E-state index is 5.80. The monoisotopic (exact) mass is 302 g/mol. The lowest BCUT2D eigenvalue weighted by Crippen LogP contribution is -1.92. The lowest BCUT2D eigenvalue weighted by atomic mass is 10.1. The Morgan fingerprint density at radius 3 is 2.60 bits per heavy atom. The minimum atomic E-state index is 0.609. The predicted octanol–water partition coefficient (Wildman–Crippen LogP) is 4.18. The van der Waals surface area contributed by atoms with Crippen molar-refractivity contribution in [3.63, 3.8) is 0 Å². The number of rotatable bonds is 3. The van der Waals surface area contributed by atoms with Gasteiger partial charge in [0.2, 0.25) is 0 Å². The standard InChI is InChI=1S/C14H11ClN4S/c15-10-3-6-13(17-7-10)19-14-18-12(8-20-14)9-1-4-11(16)5-2-9/h1-8H,16H2,(H,17,18,19). The fourth-order valence-electron chi connectivity index (χ4n) is 1.68. The highest BCUT2D eigenvalue weighted by Crippen LogP contribution is 2.27. The summed E-state index contributed by atoms with van der Waals surface area (Å²) in [6.07, 6.45) is 1.60. The van der Waals surface area contributed by atoms with Gasteiger partial charge in [-0.15, -0.1) is 11.3 Å². The Kier molecular flexibility index (Phi) is 3.54. The molecule has 3 aromatic rings. The van der Waals surface area contributed by atoms with Crippen molar-refractivity contribution in [2.75, 3.05) is 11.1 Å². The summed E-state index contributed by atoms with van der Waals surface area (Å²) in [4.78, 5) is 8.70. The number of nitrogen functional groups attached to an aromatic ring is 1. The van der Waals surface area contributed by atoms with Crippen LogP contribution in [0, 0.1) is 0 Å². The average molecular weight is 303 g/mol. The van der Waals surface area contributed by atoms with Crippen LogP contribution in [-0.2, 0) is 0 Å². The molecule has 0 saturated carbocycles. The van der Waals surface area contributed by atoms with E-state index in [2.05, 4.69) is 15.3 Å². The minimum Gasteiger partial charge on any atom is -0.399 e. The largest absolute Gasteiger partial charge is 0.399 e. The van der Waals surface area contributed by atoms with E-state index < -0.39 is 0 Å². The number of hydrogen-bond acceptors (Lipinski definition) is 5. The highest BCUT2D eigenvalue weighted by molar-refractivity contribution is 7.14. The topological polar surface area (TPSA) is 63.8 Å². The molecule has 0 bridgehead atoms. The molecule has 2 aromatic heterocycles. The molecule has 0 radical (unpaired) electrons. The van der Waals surface area contributed by atoms with Crippen LogP contribution in [0.4, 0.5) is 16.6 Å². The Hall–Kier alpha value is -2.11. The minimum absolute atomic E-state index is 0.609. The van der Waals surface area contributed by atoms with Gasteiger partial charge in [-0.25, -0.2) is 9.97 Å². The Labute approximate surface area is 125 Å². The van der Waals surface area contributed by atoms with Gasteiger partial charge in [0.1, 0.15) is 5.82 Å². The summed E-state index contributed by atoms with van der Waals surface area (Å²) in [5.41, 5.74) is 8.36. The Balaban J connectivity index is 1.80.